The third-order valence-electron chi connectivity index (χ3n) is 3.12. The molecule has 0 aliphatic carbocycles. The van der Waals surface area contributed by atoms with E-state index in [1.807, 2.05) is 0 Å². The van der Waals surface area contributed by atoms with E-state index in [-0.39, 0.29) is 6.04 Å². The molecular formula is C16H18FN3O3S. The topological polar surface area (TPSA) is 87.3 Å². The van der Waals surface area contributed by atoms with E-state index >= 15 is 0 Å². The van der Waals surface area contributed by atoms with Crippen LogP contribution in [0.15, 0.2) is 48.5 Å². The van der Waals surface area contributed by atoms with Crippen LogP contribution in [-0.4, -0.2) is 20.7 Å². The first-order valence-electron chi connectivity index (χ1n) is 7.14. The van der Waals surface area contributed by atoms with Crippen molar-refractivity contribution in [3.63, 3.8) is 0 Å². The molecule has 0 radical (unpaired) electrons. The first-order valence-corrected chi connectivity index (χ1v) is 9.03. The number of carbonyl (C=O) groups excluding carboxylic acids is 1. The zero-order chi connectivity index (χ0) is 17.7. The zero-order valence-corrected chi connectivity index (χ0v) is 14.0. The lowest BCUT2D eigenvalue weighted by atomic mass is 10.1. The molecule has 0 saturated carbocycles. The molecule has 8 heteroatoms. The number of hydrogen-bond acceptors (Lipinski definition) is 3. The van der Waals surface area contributed by atoms with Crippen LogP contribution in [0.1, 0.15) is 18.5 Å². The van der Waals surface area contributed by atoms with Gasteiger partial charge < -0.3 is 10.6 Å². The van der Waals surface area contributed by atoms with E-state index in [0.29, 0.717) is 11.4 Å². The van der Waals surface area contributed by atoms with Gasteiger partial charge in [-0.25, -0.2) is 17.6 Å². The molecule has 0 aliphatic rings. The Kier molecular flexibility index (Phi) is 5.40. The molecule has 2 amide bonds. The standard InChI is InChI=1S/C16H18FN3O3S/c1-11(12-5-3-8-15(9-12)20-24(2,22)23)18-16(21)19-14-7-4-6-13(17)10-14/h3-11,20H,1-2H3,(H2,18,19,21)/t11-/m1/s1. The minimum absolute atomic E-state index is 0.340. The zero-order valence-electron chi connectivity index (χ0n) is 13.2. The van der Waals surface area contributed by atoms with Gasteiger partial charge in [-0.1, -0.05) is 18.2 Å². The largest absolute Gasteiger partial charge is 0.331 e. The monoisotopic (exact) mass is 351 g/mol. The Labute approximate surface area is 140 Å². The second kappa shape index (κ2) is 7.31. The normalized spacial score (nSPS) is 12.3. The maximum atomic E-state index is 13.1. The molecule has 0 fully saturated rings. The van der Waals surface area contributed by atoms with Crippen LogP contribution in [0, 0.1) is 5.82 Å². The molecule has 3 N–H and O–H groups in total. The summed E-state index contributed by atoms with van der Waals surface area (Å²) in [5.74, 6) is -0.444. The predicted octanol–water partition coefficient (Wildman–Crippen LogP) is 3.08. The van der Waals surface area contributed by atoms with Crippen LogP contribution in [0.4, 0.5) is 20.6 Å². The highest BCUT2D eigenvalue weighted by molar-refractivity contribution is 7.92. The van der Waals surface area contributed by atoms with Gasteiger partial charge in [0.05, 0.1) is 12.3 Å². The van der Waals surface area contributed by atoms with E-state index in [1.54, 1.807) is 37.3 Å². The number of amides is 2. The molecule has 0 aromatic heterocycles. The second-order valence-electron chi connectivity index (χ2n) is 5.33. The Bertz CT molecular complexity index is 840. The first-order chi connectivity index (χ1) is 11.2. The third kappa shape index (κ3) is 5.54. The molecule has 6 nitrogen and oxygen atoms in total. The van der Waals surface area contributed by atoms with Crippen molar-refractivity contribution in [3.05, 3.63) is 59.9 Å². The van der Waals surface area contributed by atoms with Crippen molar-refractivity contribution in [2.24, 2.45) is 0 Å². The Morgan fingerprint density at radius 1 is 1.08 bits per heavy atom. The Hall–Kier alpha value is -2.61. The molecule has 0 spiro atoms. The highest BCUT2D eigenvalue weighted by Crippen LogP contribution is 2.18. The quantitative estimate of drug-likeness (QED) is 0.773. The van der Waals surface area contributed by atoms with Gasteiger partial charge in [0.2, 0.25) is 10.0 Å². The van der Waals surface area contributed by atoms with E-state index in [9.17, 15) is 17.6 Å². The number of rotatable bonds is 5. The van der Waals surface area contributed by atoms with Crippen LogP contribution in [0.2, 0.25) is 0 Å². The third-order valence-corrected chi connectivity index (χ3v) is 3.73. The van der Waals surface area contributed by atoms with Crippen molar-refractivity contribution in [1.82, 2.24) is 5.32 Å². The number of nitrogens with one attached hydrogen (secondary N) is 3. The Morgan fingerprint density at radius 3 is 2.42 bits per heavy atom. The average molecular weight is 351 g/mol. The maximum absolute atomic E-state index is 13.1. The minimum Gasteiger partial charge on any atom is -0.331 e. The number of halogens is 1. The van der Waals surface area contributed by atoms with Crippen molar-refractivity contribution in [3.8, 4) is 0 Å². The summed E-state index contributed by atoms with van der Waals surface area (Å²) in [7, 11) is -3.37. The molecule has 0 aliphatic heterocycles. The summed E-state index contributed by atoms with van der Waals surface area (Å²) >= 11 is 0. The van der Waals surface area contributed by atoms with Crippen LogP contribution >= 0.6 is 0 Å². The van der Waals surface area contributed by atoms with Gasteiger partial charge in [-0.15, -0.1) is 0 Å². The van der Waals surface area contributed by atoms with Gasteiger partial charge in [0.1, 0.15) is 5.82 Å². The first kappa shape index (κ1) is 17.7. The number of anilines is 2. The van der Waals surface area contributed by atoms with E-state index in [1.165, 1.54) is 18.2 Å². The summed E-state index contributed by atoms with van der Waals surface area (Å²) in [6.07, 6.45) is 1.06. The number of sulfonamides is 1. The number of hydrogen-bond donors (Lipinski definition) is 3. The molecule has 0 bridgehead atoms. The smallest absolute Gasteiger partial charge is 0.319 e. The summed E-state index contributed by atoms with van der Waals surface area (Å²) < 4.78 is 38.0. The average Bonchev–Trinajstić information content (AvgIpc) is 2.45. The summed E-state index contributed by atoms with van der Waals surface area (Å²) in [6, 6.07) is 11.4. The second-order valence-corrected chi connectivity index (χ2v) is 7.08. The number of carbonyl (C=O) groups is 1. The number of urea groups is 1. The summed E-state index contributed by atoms with van der Waals surface area (Å²) in [4.78, 5) is 12.0. The highest BCUT2D eigenvalue weighted by Gasteiger charge is 2.11. The molecular weight excluding hydrogens is 333 g/mol. The van der Waals surface area contributed by atoms with Gasteiger partial charge in [-0.05, 0) is 42.8 Å². The SMILES string of the molecule is C[C@@H](NC(=O)Nc1cccc(F)c1)c1cccc(NS(C)(=O)=O)c1. The van der Waals surface area contributed by atoms with E-state index in [0.717, 1.165) is 11.8 Å². The van der Waals surface area contributed by atoms with Gasteiger partial charge in [-0.3, -0.25) is 4.72 Å². The van der Waals surface area contributed by atoms with Crippen molar-refractivity contribution in [2.45, 2.75) is 13.0 Å². The minimum atomic E-state index is -3.37. The van der Waals surface area contributed by atoms with Crippen LogP contribution in [0.5, 0.6) is 0 Å². The predicted molar refractivity (Wildman–Crippen MR) is 91.9 cm³/mol. The van der Waals surface area contributed by atoms with Crippen LogP contribution in [-0.2, 0) is 10.0 Å². The van der Waals surface area contributed by atoms with Crippen LogP contribution in [0.3, 0.4) is 0 Å². The van der Waals surface area contributed by atoms with Crippen LogP contribution < -0.4 is 15.4 Å². The molecule has 24 heavy (non-hydrogen) atoms. The Morgan fingerprint density at radius 2 is 1.75 bits per heavy atom. The van der Waals surface area contributed by atoms with Gasteiger partial charge in [0, 0.05) is 11.4 Å². The molecule has 1 atom stereocenters. The molecule has 2 aromatic rings. The molecule has 2 aromatic carbocycles. The van der Waals surface area contributed by atoms with Crippen molar-refractivity contribution >= 4 is 27.4 Å². The fourth-order valence-corrected chi connectivity index (χ4v) is 2.65. The molecule has 0 heterocycles. The fourth-order valence-electron chi connectivity index (χ4n) is 2.10. The molecule has 0 unspecified atom stereocenters. The summed E-state index contributed by atoms with van der Waals surface area (Å²) in [5.41, 5.74) is 1.47. The van der Waals surface area contributed by atoms with Crippen LogP contribution in [0.25, 0.3) is 0 Å². The summed E-state index contributed by atoms with van der Waals surface area (Å²) in [6.45, 7) is 1.75. The maximum Gasteiger partial charge on any atom is 0.319 e. The van der Waals surface area contributed by atoms with Gasteiger partial charge in [-0.2, -0.15) is 0 Å². The molecule has 128 valence electrons. The van der Waals surface area contributed by atoms with Crippen molar-refractivity contribution in [2.75, 3.05) is 16.3 Å². The fraction of sp³-hybridized carbons (Fsp3) is 0.188. The van der Waals surface area contributed by atoms with Gasteiger partial charge in [0.15, 0.2) is 0 Å². The lowest BCUT2D eigenvalue weighted by Gasteiger charge is -2.16. The molecule has 2 rings (SSSR count). The van der Waals surface area contributed by atoms with Gasteiger partial charge >= 0.3 is 6.03 Å². The van der Waals surface area contributed by atoms with E-state index < -0.39 is 21.9 Å². The van der Waals surface area contributed by atoms with Crippen molar-refractivity contribution in [1.29, 1.82) is 0 Å². The lowest BCUT2D eigenvalue weighted by Crippen LogP contribution is -2.31. The van der Waals surface area contributed by atoms with Crippen molar-refractivity contribution < 1.29 is 17.6 Å². The molecule has 0 saturated heterocycles. The highest BCUT2D eigenvalue weighted by atomic mass is 32.2. The lowest BCUT2D eigenvalue weighted by molar-refractivity contribution is 0.249. The van der Waals surface area contributed by atoms with E-state index in [2.05, 4.69) is 15.4 Å². The number of benzene rings is 2. The van der Waals surface area contributed by atoms with E-state index in [4.69, 9.17) is 0 Å². The Balaban J connectivity index is 2.02. The van der Waals surface area contributed by atoms with Gasteiger partial charge in [0.25, 0.3) is 0 Å². The summed E-state index contributed by atoms with van der Waals surface area (Å²) in [5, 5.41) is 5.24.